The first-order valence-corrected chi connectivity index (χ1v) is 9.37. The first kappa shape index (κ1) is 21.3. The van der Waals surface area contributed by atoms with Crippen LogP contribution in [0.1, 0.15) is 25.0 Å². The second-order valence-corrected chi connectivity index (χ2v) is 6.73. The number of rotatable bonds is 9. The summed E-state index contributed by atoms with van der Waals surface area (Å²) in [5.41, 5.74) is 2.25. The molecule has 28 heavy (non-hydrogen) atoms. The summed E-state index contributed by atoms with van der Waals surface area (Å²) >= 11 is 0. The third-order valence-electron chi connectivity index (χ3n) is 4.13. The second-order valence-electron chi connectivity index (χ2n) is 6.73. The van der Waals surface area contributed by atoms with Gasteiger partial charge in [-0.15, -0.1) is 0 Å². The van der Waals surface area contributed by atoms with Gasteiger partial charge in [-0.2, -0.15) is 0 Å². The first-order valence-electron chi connectivity index (χ1n) is 9.37. The van der Waals surface area contributed by atoms with Crippen molar-refractivity contribution in [1.29, 1.82) is 0 Å². The molecule has 0 radical (unpaired) electrons. The van der Waals surface area contributed by atoms with E-state index in [0.29, 0.717) is 24.6 Å². The Bertz CT molecular complexity index is 705. The molecule has 6 heteroatoms. The Morgan fingerprint density at radius 2 is 1.04 bits per heavy atom. The highest BCUT2D eigenvalue weighted by molar-refractivity contribution is 5.81. The molecule has 0 saturated carbocycles. The molecule has 0 aliphatic heterocycles. The summed E-state index contributed by atoms with van der Waals surface area (Å²) in [6, 6.07) is 15.0. The molecular formula is C22H28N2O4. The van der Waals surface area contributed by atoms with Crippen LogP contribution in [0.15, 0.2) is 48.5 Å². The molecule has 0 aliphatic rings. The van der Waals surface area contributed by atoms with E-state index in [9.17, 15) is 9.59 Å². The van der Waals surface area contributed by atoms with Crippen molar-refractivity contribution in [2.75, 3.05) is 13.1 Å². The van der Waals surface area contributed by atoms with E-state index in [1.54, 1.807) is 13.8 Å². The van der Waals surface area contributed by atoms with Crippen LogP contribution in [0, 0.1) is 13.8 Å². The number of aryl methyl sites for hydroxylation is 2. The van der Waals surface area contributed by atoms with E-state index in [2.05, 4.69) is 10.6 Å². The normalized spacial score (nSPS) is 12.6. The quantitative estimate of drug-likeness (QED) is 0.652. The van der Waals surface area contributed by atoms with E-state index in [1.165, 1.54) is 0 Å². The third-order valence-corrected chi connectivity index (χ3v) is 4.13. The Kier molecular flexibility index (Phi) is 7.87. The smallest absolute Gasteiger partial charge is 0.260 e. The molecule has 150 valence electrons. The molecular weight excluding hydrogens is 356 g/mol. The van der Waals surface area contributed by atoms with E-state index < -0.39 is 12.2 Å². The number of carbonyl (C=O) groups is 2. The molecule has 0 aliphatic carbocycles. The van der Waals surface area contributed by atoms with Gasteiger partial charge in [0.25, 0.3) is 11.8 Å². The molecule has 0 saturated heterocycles. The van der Waals surface area contributed by atoms with E-state index in [0.717, 1.165) is 11.1 Å². The van der Waals surface area contributed by atoms with Crippen molar-refractivity contribution in [1.82, 2.24) is 10.6 Å². The highest BCUT2D eigenvalue weighted by Crippen LogP contribution is 2.14. The lowest BCUT2D eigenvalue weighted by Crippen LogP contribution is -2.43. The summed E-state index contributed by atoms with van der Waals surface area (Å²) in [5, 5.41) is 5.49. The highest BCUT2D eigenvalue weighted by atomic mass is 16.5. The van der Waals surface area contributed by atoms with E-state index in [-0.39, 0.29) is 11.8 Å². The number of hydrogen-bond acceptors (Lipinski definition) is 4. The maximum absolute atomic E-state index is 12.1. The van der Waals surface area contributed by atoms with Crippen LogP contribution in [0.5, 0.6) is 11.5 Å². The molecule has 0 fully saturated rings. The van der Waals surface area contributed by atoms with Gasteiger partial charge in [-0.05, 0) is 52.0 Å². The molecule has 0 bridgehead atoms. The van der Waals surface area contributed by atoms with E-state index in [1.807, 2.05) is 62.4 Å². The molecule has 2 aromatic rings. The molecule has 0 unspecified atom stereocenters. The Labute approximate surface area is 166 Å². The van der Waals surface area contributed by atoms with Gasteiger partial charge >= 0.3 is 0 Å². The minimum atomic E-state index is -0.623. The summed E-state index contributed by atoms with van der Waals surface area (Å²) in [7, 11) is 0. The van der Waals surface area contributed by atoms with Crippen molar-refractivity contribution < 1.29 is 19.1 Å². The van der Waals surface area contributed by atoms with Crippen molar-refractivity contribution in [3.8, 4) is 11.5 Å². The maximum atomic E-state index is 12.1. The van der Waals surface area contributed by atoms with Crippen LogP contribution in [0.3, 0.4) is 0 Å². The lowest BCUT2D eigenvalue weighted by atomic mass is 10.2. The fraction of sp³-hybridized carbons (Fsp3) is 0.364. The molecule has 2 rings (SSSR count). The van der Waals surface area contributed by atoms with Gasteiger partial charge in [0.05, 0.1) is 0 Å². The number of nitrogens with one attached hydrogen (secondary N) is 2. The van der Waals surface area contributed by atoms with Gasteiger partial charge in [-0.25, -0.2) is 0 Å². The summed E-state index contributed by atoms with van der Waals surface area (Å²) in [4.78, 5) is 24.2. The minimum absolute atomic E-state index is 0.237. The average Bonchev–Trinajstić information content (AvgIpc) is 2.68. The van der Waals surface area contributed by atoms with Crippen LogP contribution >= 0.6 is 0 Å². The Morgan fingerprint density at radius 3 is 1.36 bits per heavy atom. The van der Waals surface area contributed by atoms with Crippen molar-refractivity contribution in [2.24, 2.45) is 0 Å². The maximum Gasteiger partial charge on any atom is 0.260 e. The standard InChI is InChI=1S/C22H28N2O4/c1-15-5-9-19(10-6-15)27-17(3)21(25)23-13-14-24-22(26)18(4)28-20-11-7-16(2)8-12-20/h5-12,17-18H,13-14H2,1-4H3,(H,23,25)(H,24,26)/t17-,18-/m0/s1. The second kappa shape index (κ2) is 10.3. The summed E-state index contributed by atoms with van der Waals surface area (Å²) in [5.74, 6) is 0.810. The van der Waals surface area contributed by atoms with E-state index >= 15 is 0 Å². The number of carbonyl (C=O) groups excluding carboxylic acids is 2. The molecule has 0 spiro atoms. The Balaban J connectivity index is 1.66. The minimum Gasteiger partial charge on any atom is -0.481 e. The zero-order valence-corrected chi connectivity index (χ0v) is 16.8. The lowest BCUT2D eigenvalue weighted by Gasteiger charge is -2.16. The van der Waals surface area contributed by atoms with Gasteiger partial charge in [0.2, 0.25) is 0 Å². The largest absolute Gasteiger partial charge is 0.481 e. The molecule has 6 nitrogen and oxygen atoms in total. The Hall–Kier alpha value is -3.02. The molecule has 0 aromatic heterocycles. The third kappa shape index (κ3) is 6.95. The van der Waals surface area contributed by atoms with Crippen molar-refractivity contribution in [3.05, 3.63) is 59.7 Å². The first-order chi connectivity index (χ1) is 13.3. The summed E-state index contributed by atoms with van der Waals surface area (Å²) in [6.45, 7) is 7.96. The number of benzene rings is 2. The molecule has 2 amide bonds. The van der Waals surface area contributed by atoms with Gasteiger partial charge in [-0.3, -0.25) is 9.59 Å². The van der Waals surface area contributed by atoms with Crippen molar-refractivity contribution in [3.63, 3.8) is 0 Å². The van der Waals surface area contributed by atoms with Crippen molar-refractivity contribution >= 4 is 11.8 Å². The summed E-state index contributed by atoms with van der Waals surface area (Å²) < 4.78 is 11.2. The van der Waals surface area contributed by atoms with Gasteiger partial charge in [0, 0.05) is 13.1 Å². The summed E-state index contributed by atoms with van der Waals surface area (Å²) in [6.07, 6.45) is -1.25. The lowest BCUT2D eigenvalue weighted by molar-refractivity contribution is -0.129. The molecule has 0 heterocycles. The van der Waals surface area contributed by atoms with Crippen LogP contribution in [-0.2, 0) is 9.59 Å². The van der Waals surface area contributed by atoms with Crippen LogP contribution in [0.25, 0.3) is 0 Å². The SMILES string of the molecule is Cc1ccc(O[C@@H](C)C(=O)NCCNC(=O)[C@H](C)Oc2ccc(C)cc2)cc1. The highest BCUT2D eigenvalue weighted by Gasteiger charge is 2.16. The Morgan fingerprint density at radius 1 is 0.714 bits per heavy atom. The van der Waals surface area contributed by atoms with Gasteiger partial charge in [-0.1, -0.05) is 35.4 Å². The van der Waals surface area contributed by atoms with E-state index in [4.69, 9.17) is 9.47 Å². The predicted molar refractivity (Wildman–Crippen MR) is 109 cm³/mol. The number of hydrogen-bond donors (Lipinski definition) is 2. The van der Waals surface area contributed by atoms with Gasteiger partial charge in [0.1, 0.15) is 11.5 Å². The average molecular weight is 384 g/mol. The van der Waals surface area contributed by atoms with Gasteiger partial charge in [0.15, 0.2) is 12.2 Å². The predicted octanol–water partition coefficient (Wildman–Crippen LogP) is 2.77. The van der Waals surface area contributed by atoms with Crippen LogP contribution in [0.4, 0.5) is 0 Å². The number of amides is 2. The molecule has 2 atom stereocenters. The van der Waals surface area contributed by atoms with Crippen LogP contribution in [0.2, 0.25) is 0 Å². The van der Waals surface area contributed by atoms with Gasteiger partial charge < -0.3 is 20.1 Å². The molecule has 2 aromatic carbocycles. The zero-order chi connectivity index (χ0) is 20.5. The zero-order valence-electron chi connectivity index (χ0n) is 16.8. The van der Waals surface area contributed by atoms with Crippen molar-refractivity contribution in [2.45, 2.75) is 39.9 Å². The topological polar surface area (TPSA) is 76.7 Å². The fourth-order valence-electron chi connectivity index (χ4n) is 2.41. The van der Waals surface area contributed by atoms with Crippen LogP contribution in [-0.4, -0.2) is 37.1 Å². The molecule has 2 N–H and O–H groups in total. The number of ether oxygens (including phenoxy) is 2. The van der Waals surface area contributed by atoms with Crippen LogP contribution < -0.4 is 20.1 Å². The monoisotopic (exact) mass is 384 g/mol. The fourth-order valence-corrected chi connectivity index (χ4v) is 2.41.